The Morgan fingerprint density at radius 2 is 1.50 bits per heavy atom. The molecule has 1 heterocycles. The van der Waals surface area contributed by atoms with Crippen LogP contribution in [-0.4, -0.2) is 41.4 Å². The van der Waals surface area contributed by atoms with Gasteiger partial charge in [0.2, 0.25) is 5.91 Å². The topological polar surface area (TPSA) is 40.6 Å². The molecule has 2 atom stereocenters. The molecule has 3 amide bonds. The highest BCUT2D eigenvalue weighted by molar-refractivity contribution is 5.99. The third-order valence-corrected chi connectivity index (χ3v) is 4.07. The van der Waals surface area contributed by atoms with Crippen LogP contribution in [0.3, 0.4) is 0 Å². The van der Waals surface area contributed by atoms with Gasteiger partial charge in [0.1, 0.15) is 0 Å². The van der Waals surface area contributed by atoms with E-state index in [-0.39, 0.29) is 34.7 Å². The molecule has 0 aliphatic carbocycles. The Balaban J connectivity index is 3.31. The molecule has 0 aromatic rings. The molecule has 4 nitrogen and oxygen atoms in total. The van der Waals surface area contributed by atoms with Crippen molar-refractivity contribution in [2.24, 2.45) is 16.7 Å². The molecule has 2 unspecified atom stereocenters. The summed E-state index contributed by atoms with van der Waals surface area (Å²) in [7, 11) is 1.83. The fourth-order valence-electron chi connectivity index (χ4n) is 3.28. The maximum absolute atomic E-state index is 12.9. The minimum atomic E-state index is -0.171. The van der Waals surface area contributed by atoms with E-state index in [4.69, 9.17) is 0 Å². The number of amides is 3. The molecule has 1 aliphatic heterocycles. The number of urea groups is 1. The van der Waals surface area contributed by atoms with E-state index in [1.54, 1.807) is 4.90 Å². The van der Waals surface area contributed by atoms with E-state index in [0.717, 1.165) is 6.42 Å². The van der Waals surface area contributed by atoms with E-state index >= 15 is 0 Å². The van der Waals surface area contributed by atoms with Crippen molar-refractivity contribution in [2.75, 3.05) is 13.6 Å². The van der Waals surface area contributed by atoms with E-state index in [9.17, 15) is 9.59 Å². The summed E-state index contributed by atoms with van der Waals surface area (Å²) in [5, 5.41) is 0. The predicted molar refractivity (Wildman–Crippen MR) is 81.4 cm³/mol. The number of carbonyl (C=O) groups excluding carboxylic acids is 2. The van der Waals surface area contributed by atoms with Gasteiger partial charge in [0.25, 0.3) is 0 Å². The second-order valence-electron chi connectivity index (χ2n) is 8.04. The summed E-state index contributed by atoms with van der Waals surface area (Å²) in [6.07, 6.45) is 0.794. The van der Waals surface area contributed by atoms with E-state index in [0.29, 0.717) is 6.54 Å². The van der Waals surface area contributed by atoms with Gasteiger partial charge in [-0.1, -0.05) is 48.5 Å². The van der Waals surface area contributed by atoms with Gasteiger partial charge in [0.15, 0.2) is 0 Å². The van der Waals surface area contributed by atoms with Gasteiger partial charge in [-0.15, -0.1) is 0 Å². The van der Waals surface area contributed by atoms with Gasteiger partial charge >= 0.3 is 6.03 Å². The molecule has 20 heavy (non-hydrogen) atoms. The van der Waals surface area contributed by atoms with Crippen LogP contribution in [0.4, 0.5) is 4.79 Å². The fraction of sp³-hybridized carbons (Fsp3) is 0.875. The zero-order valence-corrected chi connectivity index (χ0v) is 14.3. The van der Waals surface area contributed by atoms with Crippen molar-refractivity contribution in [3.8, 4) is 0 Å². The van der Waals surface area contributed by atoms with Gasteiger partial charge in [-0.2, -0.15) is 0 Å². The van der Waals surface area contributed by atoms with Crippen molar-refractivity contribution in [1.82, 2.24) is 9.80 Å². The summed E-state index contributed by atoms with van der Waals surface area (Å²) in [4.78, 5) is 28.5. The number of hydrogen-bond donors (Lipinski definition) is 0. The quantitative estimate of drug-likeness (QED) is 0.779. The normalized spacial score (nSPS) is 25.4. The lowest BCUT2D eigenvalue weighted by molar-refractivity contribution is -0.147. The predicted octanol–water partition coefficient (Wildman–Crippen LogP) is 3.37. The van der Waals surface area contributed by atoms with Crippen LogP contribution in [-0.2, 0) is 4.79 Å². The molecule has 0 radical (unpaired) electrons. The van der Waals surface area contributed by atoms with Gasteiger partial charge in [-0.05, 0) is 17.3 Å². The third-order valence-electron chi connectivity index (χ3n) is 4.07. The summed E-state index contributed by atoms with van der Waals surface area (Å²) < 4.78 is 0. The molecule has 0 aromatic carbocycles. The standard InChI is InChI=1S/C16H30N2O2/c1-9-10-18-13(19)11(15(2,3)4)12(16(5,6)7)17(8)14(18)20/h11-12H,9-10H2,1-8H3. The summed E-state index contributed by atoms with van der Waals surface area (Å²) in [6, 6.07) is -0.229. The van der Waals surface area contributed by atoms with Crippen molar-refractivity contribution in [3.63, 3.8) is 0 Å². The first-order valence-corrected chi connectivity index (χ1v) is 7.51. The number of rotatable bonds is 2. The second kappa shape index (κ2) is 5.38. The van der Waals surface area contributed by atoms with E-state index in [2.05, 4.69) is 41.5 Å². The second-order valence-corrected chi connectivity index (χ2v) is 8.04. The van der Waals surface area contributed by atoms with E-state index in [1.807, 2.05) is 14.0 Å². The lowest BCUT2D eigenvalue weighted by atomic mass is 9.66. The minimum Gasteiger partial charge on any atom is -0.323 e. The number of hydrogen-bond acceptors (Lipinski definition) is 2. The third kappa shape index (κ3) is 2.99. The average Bonchev–Trinajstić information content (AvgIpc) is 2.25. The van der Waals surface area contributed by atoms with Gasteiger partial charge in [0.05, 0.1) is 12.0 Å². The first-order chi connectivity index (χ1) is 8.92. The van der Waals surface area contributed by atoms with E-state index < -0.39 is 0 Å². The van der Waals surface area contributed by atoms with Crippen LogP contribution in [0, 0.1) is 16.7 Å². The van der Waals surface area contributed by atoms with Gasteiger partial charge < -0.3 is 4.90 Å². The van der Waals surface area contributed by atoms with Crippen molar-refractivity contribution in [2.45, 2.75) is 60.9 Å². The first kappa shape index (κ1) is 17.0. The molecule has 1 fully saturated rings. The number of nitrogens with zero attached hydrogens (tertiary/aromatic N) is 2. The Labute approximate surface area is 123 Å². The molecule has 1 aliphatic rings. The lowest BCUT2D eigenvalue weighted by Gasteiger charge is -2.52. The Morgan fingerprint density at radius 3 is 1.85 bits per heavy atom. The highest BCUT2D eigenvalue weighted by Crippen LogP contribution is 2.42. The van der Waals surface area contributed by atoms with Crippen molar-refractivity contribution >= 4 is 11.9 Å². The van der Waals surface area contributed by atoms with Crippen LogP contribution in [0.25, 0.3) is 0 Å². The Bertz CT molecular complexity index is 390. The van der Waals surface area contributed by atoms with Crippen molar-refractivity contribution in [3.05, 3.63) is 0 Å². The van der Waals surface area contributed by atoms with Crippen molar-refractivity contribution < 1.29 is 9.59 Å². The molecule has 0 bridgehead atoms. The summed E-state index contributed by atoms with van der Waals surface area (Å²) in [5.74, 6) is -0.181. The maximum Gasteiger partial charge on any atom is 0.326 e. The van der Waals surface area contributed by atoms with Gasteiger partial charge in [-0.3, -0.25) is 9.69 Å². The highest BCUT2D eigenvalue weighted by atomic mass is 16.2. The number of carbonyl (C=O) groups is 2. The summed E-state index contributed by atoms with van der Waals surface area (Å²) in [6.45, 7) is 15.1. The average molecular weight is 282 g/mol. The van der Waals surface area contributed by atoms with Crippen LogP contribution in [0.5, 0.6) is 0 Å². The van der Waals surface area contributed by atoms with Crippen LogP contribution >= 0.6 is 0 Å². The van der Waals surface area contributed by atoms with Crippen LogP contribution in [0.15, 0.2) is 0 Å². The Hall–Kier alpha value is -1.06. The smallest absolute Gasteiger partial charge is 0.323 e. The van der Waals surface area contributed by atoms with Gasteiger partial charge in [-0.25, -0.2) is 4.79 Å². The molecule has 116 valence electrons. The first-order valence-electron chi connectivity index (χ1n) is 7.51. The monoisotopic (exact) mass is 282 g/mol. The Morgan fingerprint density at radius 1 is 1.00 bits per heavy atom. The molecular formula is C16H30N2O2. The molecule has 1 saturated heterocycles. The molecule has 0 spiro atoms. The van der Waals surface area contributed by atoms with Crippen molar-refractivity contribution in [1.29, 1.82) is 0 Å². The van der Waals surface area contributed by atoms with E-state index in [1.165, 1.54) is 4.90 Å². The fourth-order valence-corrected chi connectivity index (χ4v) is 3.28. The zero-order chi connectivity index (χ0) is 15.9. The highest BCUT2D eigenvalue weighted by Gasteiger charge is 2.52. The van der Waals surface area contributed by atoms with Crippen LogP contribution in [0.1, 0.15) is 54.9 Å². The van der Waals surface area contributed by atoms with Gasteiger partial charge in [0, 0.05) is 13.6 Å². The van der Waals surface area contributed by atoms with Crippen LogP contribution in [0.2, 0.25) is 0 Å². The largest absolute Gasteiger partial charge is 0.326 e. The maximum atomic E-state index is 12.9. The molecule has 0 aromatic heterocycles. The minimum absolute atomic E-state index is 0.0117. The molecule has 4 heteroatoms. The number of imide groups is 1. The lowest BCUT2D eigenvalue weighted by Crippen LogP contribution is -2.66. The molecular weight excluding hydrogens is 252 g/mol. The summed E-state index contributed by atoms with van der Waals surface area (Å²) >= 11 is 0. The zero-order valence-electron chi connectivity index (χ0n) is 14.3. The molecule has 0 saturated carbocycles. The molecule has 1 rings (SSSR count). The summed E-state index contributed by atoms with van der Waals surface area (Å²) in [5.41, 5.74) is -0.299. The molecule has 0 N–H and O–H groups in total. The SMILES string of the molecule is CCCN1C(=O)C(C(C)(C)C)C(C(C)(C)C)N(C)C1=O. The van der Waals surface area contributed by atoms with Crippen LogP contribution < -0.4 is 0 Å². The Kier molecular flexibility index (Phi) is 4.57.